The zero-order valence-electron chi connectivity index (χ0n) is 13.1. The van der Waals surface area contributed by atoms with E-state index in [9.17, 15) is 18.0 Å². The molecule has 1 heterocycles. The fraction of sp³-hybridized carbons (Fsp3) is 0.167. The molecule has 0 aromatic heterocycles. The van der Waals surface area contributed by atoms with Gasteiger partial charge in [-0.15, -0.1) is 19.8 Å². The number of ether oxygens (including phenoxy) is 1. The number of halogens is 3. The zero-order valence-corrected chi connectivity index (χ0v) is 13.1. The second kappa shape index (κ2) is 6.51. The van der Waals surface area contributed by atoms with Gasteiger partial charge in [-0.3, -0.25) is 4.79 Å². The van der Waals surface area contributed by atoms with Crippen molar-refractivity contribution >= 4 is 17.3 Å². The maximum atomic E-state index is 12.5. The van der Waals surface area contributed by atoms with Crippen LogP contribution in [0.5, 0.6) is 5.75 Å². The van der Waals surface area contributed by atoms with Gasteiger partial charge in [-0.05, 0) is 30.7 Å². The first kappa shape index (κ1) is 16.9. The number of alkyl halides is 3. The Morgan fingerprint density at radius 2 is 1.88 bits per heavy atom. The summed E-state index contributed by atoms with van der Waals surface area (Å²) in [7, 11) is 0. The van der Waals surface area contributed by atoms with E-state index in [2.05, 4.69) is 21.9 Å². The third-order valence-electron chi connectivity index (χ3n) is 3.75. The van der Waals surface area contributed by atoms with Gasteiger partial charge in [0, 0.05) is 22.5 Å². The smallest absolute Gasteiger partial charge is 0.406 e. The largest absolute Gasteiger partial charge is 0.573 e. The van der Waals surface area contributed by atoms with Crippen molar-refractivity contribution in [2.75, 3.05) is 10.6 Å². The average molecular weight is 348 g/mol. The lowest BCUT2D eigenvalue weighted by Gasteiger charge is -2.25. The highest BCUT2D eigenvalue weighted by molar-refractivity contribution is 6.03. The zero-order chi connectivity index (χ0) is 18.0. The normalized spacial score (nSPS) is 16.4. The standard InChI is InChI=1S/C18H15F3N2O2/c1-2-5-16-17(24)23-15-9-8-11(25-18(19,20)21)10-13(15)12-6-3-4-7-14(12)22-16/h2-4,6-10,16,22H,1,5H2,(H,23,24). The summed E-state index contributed by atoms with van der Waals surface area (Å²) in [5.74, 6) is -0.640. The van der Waals surface area contributed by atoms with Crippen molar-refractivity contribution in [1.82, 2.24) is 0 Å². The molecular weight excluding hydrogens is 333 g/mol. The van der Waals surface area contributed by atoms with Crippen molar-refractivity contribution < 1.29 is 22.7 Å². The SMILES string of the molecule is C=CCC1Nc2ccccc2-c2cc(OC(F)(F)F)ccc2NC1=O. The highest BCUT2D eigenvalue weighted by Crippen LogP contribution is 2.39. The van der Waals surface area contributed by atoms with Crippen molar-refractivity contribution in [2.24, 2.45) is 0 Å². The van der Waals surface area contributed by atoms with Crippen LogP contribution in [0.25, 0.3) is 11.1 Å². The van der Waals surface area contributed by atoms with E-state index in [1.54, 1.807) is 30.3 Å². The van der Waals surface area contributed by atoms with Crippen molar-refractivity contribution in [3.63, 3.8) is 0 Å². The van der Waals surface area contributed by atoms with Gasteiger partial charge in [0.15, 0.2) is 0 Å². The van der Waals surface area contributed by atoms with E-state index in [4.69, 9.17) is 0 Å². The van der Waals surface area contributed by atoms with Gasteiger partial charge >= 0.3 is 6.36 Å². The van der Waals surface area contributed by atoms with Gasteiger partial charge in [-0.1, -0.05) is 24.3 Å². The Morgan fingerprint density at radius 3 is 2.60 bits per heavy atom. The number of hydrogen-bond acceptors (Lipinski definition) is 3. The van der Waals surface area contributed by atoms with E-state index in [1.807, 2.05) is 0 Å². The Hall–Kier alpha value is -2.96. The summed E-state index contributed by atoms with van der Waals surface area (Å²) in [6.07, 6.45) is -2.75. The van der Waals surface area contributed by atoms with Crippen LogP contribution in [0.1, 0.15) is 6.42 Å². The van der Waals surface area contributed by atoms with Gasteiger partial charge in [-0.2, -0.15) is 0 Å². The molecule has 0 spiro atoms. The molecular formula is C18H15F3N2O2. The van der Waals surface area contributed by atoms with E-state index >= 15 is 0 Å². The third kappa shape index (κ3) is 3.76. The van der Waals surface area contributed by atoms with Gasteiger partial charge in [0.25, 0.3) is 0 Å². The van der Waals surface area contributed by atoms with E-state index in [-0.39, 0.29) is 11.7 Å². The number of carbonyl (C=O) groups excluding carboxylic acids is 1. The van der Waals surface area contributed by atoms with Crippen molar-refractivity contribution in [3.8, 4) is 16.9 Å². The molecule has 4 nitrogen and oxygen atoms in total. The predicted molar refractivity (Wildman–Crippen MR) is 89.4 cm³/mol. The summed E-state index contributed by atoms with van der Waals surface area (Å²) < 4.78 is 41.5. The van der Waals surface area contributed by atoms with E-state index in [0.29, 0.717) is 28.9 Å². The molecule has 2 N–H and O–H groups in total. The second-order valence-corrected chi connectivity index (χ2v) is 5.51. The van der Waals surface area contributed by atoms with Crippen LogP contribution in [-0.2, 0) is 4.79 Å². The molecule has 1 unspecified atom stereocenters. The van der Waals surface area contributed by atoms with Gasteiger partial charge in [-0.25, -0.2) is 0 Å². The maximum absolute atomic E-state index is 12.5. The quantitative estimate of drug-likeness (QED) is 0.800. The highest BCUT2D eigenvalue weighted by Gasteiger charge is 2.32. The minimum absolute atomic E-state index is 0.292. The number of anilines is 2. The molecule has 7 heteroatoms. The molecule has 0 aliphatic carbocycles. The highest BCUT2D eigenvalue weighted by atomic mass is 19.4. The lowest BCUT2D eigenvalue weighted by molar-refractivity contribution is -0.274. The Labute approximate surface area is 142 Å². The summed E-state index contributed by atoms with van der Waals surface area (Å²) >= 11 is 0. The molecule has 25 heavy (non-hydrogen) atoms. The molecule has 0 bridgehead atoms. The van der Waals surface area contributed by atoms with Crippen molar-refractivity contribution in [2.45, 2.75) is 18.8 Å². The lowest BCUT2D eigenvalue weighted by atomic mass is 9.98. The molecule has 0 radical (unpaired) electrons. The van der Waals surface area contributed by atoms with Crippen molar-refractivity contribution in [1.29, 1.82) is 0 Å². The number of benzene rings is 2. The molecule has 1 aliphatic heterocycles. The van der Waals surface area contributed by atoms with Crippen LogP contribution in [0.2, 0.25) is 0 Å². The first-order valence-corrected chi connectivity index (χ1v) is 7.55. The molecule has 0 fully saturated rings. The second-order valence-electron chi connectivity index (χ2n) is 5.51. The lowest BCUT2D eigenvalue weighted by Crippen LogP contribution is -2.35. The van der Waals surface area contributed by atoms with Gasteiger partial charge in [0.1, 0.15) is 11.8 Å². The molecule has 1 atom stereocenters. The van der Waals surface area contributed by atoms with Gasteiger partial charge in [0.05, 0.1) is 0 Å². The summed E-state index contributed by atoms with van der Waals surface area (Å²) in [6, 6.07) is 10.4. The fourth-order valence-electron chi connectivity index (χ4n) is 2.70. The number of hydrogen-bond donors (Lipinski definition) is 2. The van der Waals surface area contributed by atoms with Gasteiger partial charge < -0.3 is 15.4 Å². The number of amides is 1. The van der Waals surface area contributed by atoms with E-state index < -0.39 is 12.4 Å². The Balaban J connectivity index is 2.10. The molecule has 1 aliphatic rings. The molecule has 130 valence electrons. The monoisotopic (exact) mass is 348 g/mol. The van der Waals surface area contributed by atoms with Crippen molar-refractivity contribution in [3.05, 3.63) is 55.1 Å². The van der Waals surface area contributed by atoms with Crippen LogP contribution < -0.4 is 15.4 Å². The number of rotatable bonds is 3. The van der Waals surface area contributed by atoms with Crippen LogP contribution in [-0.4, -0.2) is 18.3 Å². The van der Waals surface area contributed by atoms with Crippen LogP contribution in [0.15, 0.2) is 55.1 Å². The van der Waals surface area contributed by atoms with Crippen LogP contribution in [0.4, 0.5) is 24.5 Å². The Bertz CT molecular complexity index is 818. The van der Waals surface area contributed by atoms with Crippen LogP contribution in [0, 0.1) is 0 Å². The topological polar surface area (TPSA) is 50.4 Å². The van der Waals surface area contributed by atoms with Crippen LogP contribution >= 0.6 is 0 Å². The minimum atomic E-state index is -4.79. The Morgan fingerprint density at radius 1 is 1.12 bits per heavy atom. The number of para-hydroxylation sites is 1. The predicted octanol–water partition coefficient (Wildman–Crippen LogP) is 4.56. The first-order chi connectivity index (χ1) is 11.9. The summed E-state index contributed by atoms with van der Waals surface area (Å²) in [4.78, 5) is 12.4. The van der Waals surface area contributed by atoms with E-state index in [0.717, 1.165) is 0 Å². The maximum Gasteiger partial charge on any atom is 0.573 e. The molecule has 0 saturated carbocycles. The number of nitrogens with one attached hydrogen (secondary N) is 2. The fourth-order valence-corrected chi connectivity index (χ4v) is 2.70. The molecule has 0 saturated heterocycles. The van der Waals surface area contributed by atoms with Gasteiger partial charge in [0.2, 0.25) is 5.91 Å². The number of fused-ring (bicyclic) bond motifs is 3. The summed E-state index contributed by atoms with van der Waals surface area (Å²) in [5, 5.41) is 5.85. The molecule has 2 aromatic carbocycles. The number of carbonyl (C=O) groups is 1. The third-order valence-corrected chi connectivity index (χ3v) is 3.75. The average Bonchev–Trinajstić information content (AvgIpc) is 2.54. The minimum Gasteiger partial charge on any atom is -0.406 e. The first-order valence-electron chi connectivity index (χ1n) is 7.55. The van der Waals surface area contributed by atoms with E-state index in [1.165, 1.54) is 18.2 Å². The molecule has 3 rings (SSSR count). The summed E-state index contributed by atoms with van der Waals surface area (Å²) in [6.45, 7) is 3.65. The molecule has 1 amide bonds. The van der Waals surface area contributed by atoms with Crippen LogP contribution in [0.3, 0.4) is 0 Å². The Kier molecular flexibility index (Phi) is 4.39. The molecule has 2 aromatic rings. The summed E-state index contributed by atoms with van der Waals surface area (Å²) in [5.41, 5.74) is 2.17.